The van der Waals surface area contributed by atoms with Gasteiger partial charge in [-0.05, 0) is 18.2 Å². The first-order valence-electron chi connectivity index (χ1n) is 4.79. The minimum Gasteiger partial charge on any atom is -0.336 e. The summed E-state index contributed by atoms with van der Waals surface area (Å²) in [5.74, 6) is -1.13. The van der Waals surface area contributed by atoms with E-state index in [9.17, 15) is 22.4 Å². The van der Waals surface area contributed by atoms with Gasteiger partial charge in [0, 0.05) is 5.56 Å². The molecule has 0 radical (unpaired) electrons. The zero-order valence-electron chi connectivity index (χ0n) is 8.75. The van der Waals surface area contributed by atoms with Crippen molar-refractivity contribution in [1.29, 1.82) is 0 Å². The molecule has 1 aromatic carbocycles. The van der Waals surface area contributed by atoms with Gasteiger partial charge in [0.05, 0.1) is 17.5 Å². The van der Waals surface area contributed by atoms with Crippen molar-refractivity contribution in [3.63, 3.8) is 0 Å². The van der Waals surface area contributed by atoms with Crippen molar-refractivity contribution in [1.82, 2.24) is 9.97 Å². The van der Waals surface area contributed by atoms with Gasteiger partial charge >= 0.3 is 6.18 Å². The lowest BCUT2D eigenvalue weighted by Gasteiger charge is -2.11. The van der Waals surface area contributed by atoms with Crippen molar-refractivity contribution >= 4 is 6.29 Å². The Morgan fingerprint density at radius 1 is 1.28 bits per heavy atom. The topological polar surface area (TPSA) is 45.8 Å². The molecular weight excluding hydrogens is 252 g/mol. The number of aldehydes is 1. The van der Waals surface area contributed by atoms with E-state index in [1.165, 1.54) is 0 Å². The van der Waals surface area contributed by atoms with Crippen LogP contribution in [0.1, 0.15) is 16.1 Å². The Labute approximate surface area is 98.5 Å². The summed E-state index contributed by atoms with van der Waals surface area (Å²) in [5.41, 5.74) is -1.41. The number of rotatable bonds is 2. The fraction of sp³-hybridized carbons (Fsp3) is 0.0909. The highest BCUT2D eigenvalue weighted by atomic mass is 19.4. The smallest absolute Gasteiger partial charge is 0.336 e. The van der Waals surface area contributed by atoms with Gasteiger partial charge in [0.2, 0.25) is 0 Å². The molecule has 7 heteroatoms. The number of alkyl halides is 3. The first kappa shape index (κ1) is 12.3. The molecule has 18 heavy (non-hydrogen) atoms. The molecule has 3 nitrogen and oxygen atoms in total. The zero-order valence-corrected chi connectivity index (χ0v) is 8.75. The van der Waals surface area contributed by atoms with E-state index in [1.54, 1.807) is 0 Å². The Balaban J connectivity index is 2.60. The third-order valence-electron chi connectivity index (χ3n) is 2.26. The lowest BCUT2D eigenvalue weighted by Crippen LogP contribution is -2.08. The second-order valence-electron chi connectivity index (χ2n) is 3.49. The van der Waals surface area contributed by atoms with Gasteiger partial charge < -0.3 is 4.98 Å². The predicted molar refractivity (Wildman–Crippen MR) is 54.4 cm³/mol. The molecule has 2 rings (SSSR count). The fourth-order valence-electron chi connectivity index (χ4n) is 1.49. The molecule has 0 atom stereocenters. The maximum absolute atomic E-state index is 12.9. The van der Waals surface area contributed by atoms with Crippen LogP contribution in [0.15, 0.2) is 24.4 Å². The van der Waals surface area contributed by atoms with E-state index in [4.69, 9.17) is 0 Å². The average molecular weight is 258 g/mol. The van der Waals surface area contributed by atoms with E-state index in [0.29, 0.717) is 12.4 Å². The van der Waals surface area contributed by atoms with E-state index >= 15 is 0 Å². The van der Waals surface area contributed by atoms with Crippen LogP contribution in [0, 0.1) is 5.82 Å². The van der Waals surface area contributed by atoms with Crippen LogP contribution in [0.25, 0.3) is 11.4 Å². The van der Waals surface area contributed by atoms with Gasteiger partial charge in [-0.15, -0.1) is 0 Å². The second kappa shape index (κ2) is 4.25. The van der Waals surface area contributed by atoms with Crippen molar-refractivity contribution in [3.8, 4) is 11.4 Å². The van der Waals surface area contributed by atoms with Crippen molar-refractivity contribution < 1.29 is 22.4 Å². The van der Waals surface area contributed by atoms with Crippen LogP contribution in [0.5, 0.6) is 0 Å². The minimum atomic E-state index is -4.70. The van der Waals surface area contributed by atoms with Gasteiger partial charge in [0.25, 0.3) is 0 Å². The summed E-state index contributed by atoms with van der Waals surface area (Å²) in [6.45, 7) is 0. The number of aromatic amines is 1. The van der Waals surface area contributed by atoms with Crippen LogP contribution in [0.2, 0.25) is 0 Å². The van der Waals surface area contributed by atoms with Crippen LogP contribution in [-0.2, 0) is 6.18 Å². The van der Waals surface area contributed by atoms with Gasteiger partial charge in [0.15, 0.2) is 6.29 Å². The molecule has 0 unspecified atom stereocenters. The molecule has 1 heterocycles. The fourth-order valence-corrected chi connectivity index (χ4v) is 1.49. The van der Waals surface area contributed by atoms with Crippen LogP contribution in [0.4, 0.5) is 17.6 Å². The lowest BCUT2D eigenvalue weighted by molar-refractivity contribution is -0.137. The van der Waals surface area contributed by atoms with Crippen LogP contribution >= 0.6 is 0 Å². The molecule has 2 aromatic rings. The Hall–Kier alpha value is -2.18. The normalized spacial score (nSPS) is 11.6. The molecule has 0 spiro atoms. The molecule has 0 aliphatic rings. The summed E-state index contributed by atoms with van der Waals surface area (Å²) in [4.78, 5) is 16.5. The third kappa shape index (κ3) is 2.24. The van der Waals surface area contributed by atoms with E-state index in [-0.39, 0.29) is 17.1 Å². The largest absolute Gasteiger partial charge is 0.417 e. The molecule has 94 valence electrons. The van der Waals surface area contributed by atoms with Gasteiger partial charge in [-0.1, -0.05) is 0 Å². The van der Waals surface area contributed by atoms with E-state index in [0.717, 1.165) is 18.3 Å². The number of hydrogen-bond acceptors (Lipinski definition) is 2. The van der Waals surface area contributed by atoms with Crippen LogP contribution in [0.3, 0.4) is 0 Å². The van der Waals surface area contributed by atoms with Crippen LogP contribution in [-0.4, -0.2) is 16.3 Å². The highest BCUT2D eigenvalue weighted by Crippen LogP contribution is 2.36. The molecule has 0 aliphatic carbocycles. The SMILES string of the molecule is O=Cc1cnc(-c2ccc(F)cc2C(F)(F)F)[nH]1. The monoisotopic (exact) mass is 258 g/mol. The van der Waals surface area contributed by atoms with Crippen molar-refractivity contribution in [2.45, 2.75) is 6.18 Å². The lowest BCUT2D eigenvalue weighted by atomic mass is 10.1. The molecule has 1 aromatic heterocycles. The summed E-state index contributed by atoms with van der Waals surface area (Å²) in [5, 5.41) is 0. The molecule has 0 fully saturated rings. The van der Waals surface area contributed by atoms with Gasteiger partial charge in [-0.3, -0.25) is 4.79 Å². The van der Waals surface area contributed by atoms with E-state index in [1.807, 2.05) is 0 Å². The Morgan fingerprint density at radius 3 is 2.56 bits per heavy atom. The number of benzene rings is 1. The molecule has 0 amide bonds. The quantitative estimate of drug-likeness (QED) is 0.664. The third-order valence-corrected chi connectivity index (χ3v) is 2.26. The first-order chi connectivity index (χ1) is 8.41. The summed E-state index contributed by atoms with van der Waals surface area (Å²) in [6, 6.07) is 2.25. The number of hydrogen-bond donors (Lipinski definition) is 1. The average Bonchev–Trinajstić information content (AvgIpc) is 2.76. The summed E-state index contributed by atoms with van der Waals surface area (Å²) < 4.78 is 51.1. The molecule has 0 saturated carbocycles. The Kier molecular flexibility index (Phi) is 2.90. The summed E-state index contributed by atoms with van der Waals surface area (Å²) in [7, 11) is 0. The predicted octanol–water partition coefficient (Wildman–Crippen LogP) is 3.05. The number of nitrogens with one attached hydrogen (secondary N) is 1. The van der Waals surface area contributed by atoms with Crippen LogP contribution < -0.4 is 0 Å². The molecule has 0 saturated heterocycles. The molecular formula is C11H6F4N2O. The van der Waals surface area contributed by atoms with Crippen molar-refractivity contribution in [2.75, 3.05) is 0 Å². The maximum Gasteiger partial charge on any atom is 0.417 e. The van der Waals surface area contributed by atoms with Gasteiger partial charge in [-0.2, -0.15) is 13.2 Å². The number of halogens is 4. The second-order valence-corrected chi connectivity index (χ2v) is 3.49. The number of nitrogens with zero attached hydrogens (tertiary/aromatic N) is 1. The number of H-pyrrole nitrogens is 1. The highest BCUT2D eigenvalue weighted by Gasteiger charge is 2.34. The Morgan fingerprint density at radius 2 is 2.00 bits per heavy atom. The number of aromatic nitrogens is 2. The molecule has 0 aliphatic heterocycles. The standard InChI is InChI=1S/C11H6F4N2O/c12-6-1-2-8(9(3-6)11(13,14)15)10-16-4-7(5-18)17-10/h1-5H,(H,16,17). The van der Waals surface area contributed by atoms with Crippen molar-refractivity contribution in [3.05, 3.63) is 41.5 Å². The Bertz CT molecular complexity index is 589. The number of carbonyl (C=O) groups excluding carboxylic acids is 1. The van der Waals surface area contributed by atoms with Gasteiger partial charge in [-0.25, -0.2) is 9.37 Å². The van der Waals surface area contributed by atoms with Gasteiger partial charge in [0.1, 0.15) is 11.6 Å². The highest BCUT2D eigenvalue weighted by molar-refractivity contribution is 5.73. The van der Waals surface area contributed by atoms with E-state index in [2.05, 4.69) is 9.97 Å². The van der Waals surface area contributed by atoms with E-state index < -0.39 is 17.6 Å². The molecule has 0 bridgehead atoms. The van der Waals surface area contributed by atoms with Crippen molar-refractivity contribution in [2.24, 2.45) is 0 Å². The molecule has 1 N–H and O–H groups in total. The zero-order chi connectivity index (χ0) is 13.3. The summed E-state index contributed by atoms with van der Waals surface area (Å²) >= 11 is 0. The summed E-state index contributed by atoms with van der Waals surface area (Å²) in [6.07, 6.45) is -3.18. The maximum atomic E-state index is 12.9. The first-order valence-corrected chi connectivity index (χ1v) is 4.79. The number of imidazole rings is 1. The minimum absolute atomic E-state index is 0.0439. The number of carbonyl (C=O) groups is 1.